The van der Waals surface area contributed by atoms with Crippen LogP contribution in [-0.4, -0.2) is 29.9 Å². The maximum Gasteiger partial charge on any atom is 0.223 e. The van der Waals surface area contributed by atoms with Crippen molar-refractivity contribution < 1.29 is 19.1 Å². The van der Waals surface area contributed by atoms with Gasteiger partial charge in [0.25, 0.3) is 0 Å². The first-order valence-corrected chi connectivity index (χ1v) is 11.3. The molecule has 1 N–H and O–H groups in total. The maximum atomic E-state index is 13.4. The lowest BCUT2D eigenvalue weighted by atomic mass is 9.87. The van der Waals surface area contributed by atoms with Crippen molar-refractivity contribution in [2.45, 2.75) is 50.6 Å². The van der Waals surface area contributed by atoms with Crippen LogP contribution in [0.25, 0.3) is 6.08 Å². The zero-order valence-electron chi connectivity index (χ0n) is 18.3. The van der Waals surface area contributed by atoms with Crippen LogP contribution in [0.15, 0.2) is 48.7 Å². The van der Waals surface area contributed by atoms with Gasteiger partial charge in [-0.05, 0) is 47.7 Å². The summed E-state index contributed by atoms with van der Waals surface area (Å²) in [7, 11) is 0. The highest BCUT2D eigenvalue weighted by Gasteiger charge is 2.39. The fourth-order valence-electron chi connectivity index (χ4n) is 5.21. The lowest BCUT2D eigenvalue weighted by Crippen LogP contribution is -2.45. The molecule has 0 spiro atoms. The van der Waals surface area contributed by atoms with E-state index in [1.807, 2.05) is 48.5 Å². The van der Waals surface area contributed by atoms with E-state index in [0.29, 0.717) is 13.2 Å². The molecule has 2 amide bonds. The van der Waals surface area contributed by atoms with Crippen LogP contribution in [-0.2, 0) is 15.1 Å². The summed E-state index contributed by atoms with van der Waals surface area (Å²) in [5.74, 6) is 1.37. The van der Waals surface area contributed by atoms with E-state index in [0.717, 1.165) is 53.9 Å². The van der Waals surface area contributed by atoms with Gasteiger partial charge >= 0.3 is 0 Å². The van der Waals surface area contributed by atoms with Crippen LogP contribution >= 0.6 is 0 Å². The Kier molecular flexibility index (Phi) is 5.37. The van der Waals surface area contributed by atoms with Gasteiger partial charge in [-0.2, -0.15) is 0 Å². The van der Waals surface area contributed by atoms with Crippen LogP contribution in [0.1, 0.15) is 61.8 Å². The van der Waals surface area contributed by atoms with Crippen LogP contribution in [0, 0.1) is 0 Å². The van der Waals surface area contributed by atoms with Gasteiger partial charge in [0, 0.05) is 13.1 Å². The monoisotopic (exact) mass is 432 g/mol. The molecule has 2 aromatic carbocycles. The number of fused-ring (bicyclic) bond motifs is 2. The fourth-order valence-corrected chi connectivity index (χ4v) is 5.21. The van der Waals surface area contributed by atoms with Crippen LogP contribution in [0.4, 0.5) is 0 Å². The molecule has 6 nitrogen and oxygen atoms in total. The molecule has 2 heterocycles. The third-order valence-corrected chi connectivity index (χ3v) is 6.78. The third kappa shape index (κ3) is 3.74. The quantitative estimate of drug-likeness (QED) is 0.782. The van der Waals surface area contributed by atoms with E-state index in [1.54, 1.807) is 11.1 Å². The Morgan fingerprint density at radius 3 is 2.59 bits per heavy atom. The summed E-state index contributed by atoms with van der Waals surface area (Å²) in [4.78, 5) is 27.3. The van der Waals surface area contributed by atoms with E-state index < -0.39 is 5.54 Å². The minimum Gasteiger partial charge on any atom is -0.486 e. The lowest BCUT2D eigenvalue weighted by molar-refractivity contribution is -0.130. The maximum absolute atomic E-state index is 13.4. The predicted molar refractivity (Wildman–Crippen MR) is 121 cm³/mol. The van der Waals surface area contributed by atoms with Crippen molar-refractivity contribution in [3.05, 3.63) is 65.4 Å². The fraction of sp³-hybridized carbons (Fsp3) is 0.385. The number of nitrogens with one attached hydrogen (secondary N) is 1. The number of carbonyl (C=O) groups is 2. The molecule has 1 atom stereocenters. The molecule has 1 unspecified atom stereocenters. The number of amides is 2. The van der Waals surface area contributed by atoms with Gasteiger partial charge in [-0.25, -0.2) is 0 Å². The summed E-state index contributed by atoms with van der Waals surface area (Å²) in [5.41, 5.74) is 2.68. The zero-order valence-corrected chi connectivity index (χ0v) is 18.3. The standard InChI is InChI=1S/C26H28N2O4/c1-18(29)28-13-10-19-6-2-3-7-21(19)22(28)17-25(30)27-26(11-4-5-12-26)20-8-9-23-24(16-20)32-15-14-31-23/h2-3,6-10,13,16,22H,4-5,11-12,14-15,17H2,1H3,(H,27,30). The zero-order chi connectivity index (χ0) is 22.1. The number of hydrogen-bond acceptors (Lipinski definition) is 4. The normalized spacial score (nSPS) is 20.5. The summed E-state index contributed by atoms with van der Waals surface area (Å²) in [6.45, 7) is 2.63. The van der Waals surface area contributed by atoms with Crippen molar-refractivity contribution >= 4 is 17.9 Å². The van der Waals surface area contributed by atoms with Crippen molar-refractivity contribution in [2.75, 3.05) is 13.2 Å². The van der Waals surface area contributed by atoms with E-state index in [4.69, 9.17) is 9.47 Å². The number of nitrogens with zero attached hydrogens (tertiary/aromatic N) is 1. The molecular formula is C26H28N2O4. The van der Waals surface area contributed by atoms with Crippen LogP contribution in [0.5, 0.6) is 11.5 Å². The van der Waals surface area contributed by atoms with Gasteiger partial charge in [-0.1, -0.05) is 43.2 Å². The van der Waals surface area contributed by atoms with E-state index in [1.165, 1.54) is 6.92 Å². The molecule has 6 heteroatoms. The van der Waals surface area contributed by atoms with Gasteiger partial charge in [-0.15, -0.1) is 0 Å². The Hall–Kier alpha value is -3.28. The Balaban J connectivity index is 1.40. The highest BCUT2D eigenvalue weighted by atomic mass is 16.6. The topological polar surface area (TPSA) is 67.9 Å². The van der Waals surface area contributed by atoms with Gasteiger partial charge in [0.05, 0.1) is 18.0 Å². The smallest absolute Gasteiger partial charge is 0.223 e. The number of hydrogen-bond donors (Lipinski definition) is 1. The summed E-state index contributed by atoms with van der Waals surface area (Å²) >= 11 is 0. The molecule has 2 aromatic rings. The first-order chi connectivity index (χ1) is 15.6. The molecule has 1 fully saturated rings. The van der Waals surface area contributed by atoms with E-state index in [2.05, 4.69) is 5.32 Å². The Bertz CT molecular complexity index is 1070. The molecule has 0 bridgehead atoms. The molecule has 5 rings (SSSR count). The minimum atomic E-state index is -0.419. The molecule has 3 aliphatic rings. The second kappa shape index (κ2) is 8.34. The molecule has 1 saturated carbocycles. The highest BCUT2D eigenvalue weighted by molar-refractivity contribution is 5.82. The van der Waals surface area contributed by atoms with Crippen molar-refractivity contribution in [2.24, 2.45) is 0 Å². The minimum absolute atomic E-state index is 0.0526. The van der Waals surface area contributed by atoms with Crippen LogP contribution < -0.4 is 14.8 Å². The molecule has 2 aliphatic heterocycles. The summed E-state index contributed by atoms with van der Waals surface area (Å²) < 4.78 is 11.5. The molecule has 0 aromatic heterocycles. The summed E-state index contributed by atoms with van der Waals surface area (Å²) in [5, 5.41) is 3.36. The molecule has 32 heavy (non-hydrogen) atoms. The first-order valence-electron chi connectivity index (χ1n) is 11.3. The summed E-state index contributed by atoms with van der Waals surface area (Å²) in [6.07, 6.45) is 7.82. The van der Waals surface area contributed by atoms with Gasteiger partial charge in [0.15, 0.2) is 11.5 Å². The molecule has 0 saturated heterocycles. The molecule has 1 aliphatic carbocycles. The van der Waals surface area contributed by atoms with Gasteiger partial charge in [0.2, 0.25) is 11.8 Å². The van der Waals surface area contributed by atoms with Crippen molar-refractivity contribution in [1.82, 2.24) is 10.2 Å². The lowest BCUT2D eigenvalue weighted by Gasteiger charge is -2.35. The van der Waals surface area contributed by atoms with E-state index in [9.17, 15) is 9.59 Å². The number of benzene rings is 2. The van der Waals surface area contributed by atoms with Crippen LogP contribution in [0.2, 0.25) is 0 Å². The number of carbonyl (C=O) groups excluding carboxylic acids is 2. The molecule has 0 radical (unpaired) electrons. The van der Waals surface area contributed by atoms with Crippen molar-refractivity contribution in [3.8, 4) is 11.5 Å². The van der Waals surface area contributed by atoms with Gasteiger partial charge < -0.3 is 19.7 Å². The highest BCUT2D eigenvalue weighted by Crippen LogP contribution is 2.43. The average Bonchev–Trinajstić information content (AvgIpc) is 3.28. The number of ether oxygens (including phenoxy) is 2. The van der Waals surface area contributed by atoms with E-state index in [-0.39, 0.29) is 24.3 Å². The second-order valence-corrected chi connectivity index (χ2v) is 8.79. The second-order valence-electron chi connectivity index (χ2n) is 8.79. The average molecular weight is 433 g/mol. The molecule has 166 valence electrons. The SMILES string of the molecule is CC(=O)N1C=Cc2ccccc2C1CC(=O)NC1(c2ccc3c(c2)OCCO3)CCCC1. The number of rotatable bonds is 4. The summed E-state index contributed by atoms with van der Waals surface area (Å²) in [6, 6.07) is 13.6. The van der Waals surface area contributed by atoms with Crippen molar-refractivity contribution in [1.29, 1.82) is 0 Å². The Morgan fingerprint density at radius 2 is 1.81 bits per heavy atom. The molecular weight excluding hydrogens is 404 g/mol. The van der Waals surface area contributed by atoms with Gasteiger partial charge in [0.1, 0.15) is 13.2 Å². The predicted octanol–water partition coefficient (Wildman–Crippen LogP) is 4.31. The van der Waals surface area contributed by atoms with Crippen LogP contribution in [0.3, 0.4) is 0 Å². The van der Waals surface area contributed by atoms with Crippen molar-refractivity contribution in [3.63, 3.8) is 0 Å². The third-order valence-electron chi connectivity index (χ3n) is 6.78. The first kappa shape index (κ1) is 20.6. The Morgan fingerprint density at radius 1 is 1.06 bits per heavy atom. The largest absolute Gasteiger partial charge is 0.486 e. The Labute approximate surface area is 188 Å². The van der Waals surface area contributed by atoms with Gasteiger partial charge in [-0.3, -0.25) is 9.59 Å². The van der Waals surface area contributed by atoms with E-state index >= 15 is 0 Å².